The minimum atomic E-state index is -3.90. The number of carbonyl (C=O) groups excluding carboxylic acids is 6. The van der Waals surface area contributed by atoms with E-state index in [1.165, 1.54) is 24.3 Å². The molecule has 19 heteroatoms. The molecule has 1 unspecified atom stereocenters. The van der Waals surface area contributed by atoms with Crippen LogP contribution in [0.1, 0.15) is 72.0 Å². The van der Waals surface area contributed by atoms with E-state index < -0.39 is 51.2 Å². The molecular formula is C42H40Cl2N6O10S. The van der Waals surface area contributed by atoms with Gasteiger partial charge in [-0.1, -0.05) is 29.3 Å². The van der Waals surface area contributed by atoms with Crippen LogP contribution in [-0.4, -0.2) is 99.3 Å². The molecular weight excluding hydrogens is 851 g/mol. The fraction of sp³-hybridized carbons (Fsp3) is 0.286. The van der Waals surface area contributed by atoms with Crippen molar-refractivity contribution in [2.75, 3.05) is 50.2 Å². The third kappa shape index (κ3) is 9.11. The number of benzene rings is 3. The zero-order chi connectivity index (χ0) is 43.6. The van der Waals surface area contributed by atoms with E-state index in [-0.39, 0.29) is 82.3 Å². The van der Waals surface area contributed by atoms with E-state index in [2.05, 4.69) is 26.3 Å². The van der Waals surface area contributed by atoms with E-state index in [1.807, 2.05) is 0 Å². The summed E-state index contributed by atoms with van der Waals surface area (Å²) in [6.45, 7) is 5.17. The van der Waals surface area contributed by atoms with E-state index >= 15 is 0 Å². The summed E-state index contributed by atoms with van der Waals surface area (Å²) in [4.78, 5) is 80.1. The fourth-order valence-electron chi connectivity index (χ4n) is 7.35. The number of carbonyl (C=O) groups is 6. The first-order chi connectivity index (χ1) is 29.1. The largest absolute Gasteiger partial charge is 0.383 e. The van der Waals surface area contributed by atoms with Gasteiger partial charge in [-0.25, -0.2) is 8.42 Å². The number of halogens is 2. The van der Waals surface area contributed by atoms with Gasteiger partial charge in [-0.05, 0) is 80.4 Å². The molecule has 0 bridgehead atoms. The van der Waals surface area contributed by atoms with Crippen molar-refractivity contribution in [1.29, 1.82) is 0 Å². The van der Waals surface area contributed by atoms with Crippen molar-refractivity contribution in [1.82, 2.24) is 20.5 Å². The maximum absolute atomic E-state index is 13.4. The van der Waals surface area contributed by atoms with Gasteiger partial charge in [0.05, 0.1) is 59.3 Å². The van der Waals surface area contributed by atoms with Gasteiger partial charge in [0.2, 0.25) is 11.8 Å². The second-order valence-electron chi connectivity index (χ2n) is 14.5. The summed E-state index contributed by atoms with van der Waals surface area (Å²) in [6, 6.07) is 12.8. The molecule has 318 valence electrons. The molecule has 0 spiro atoms. The van der Waals surface area contributed by atoms with Gasteiger partial charge in [0.15, 0.2) is 9.84 Å². The number of nitrogens with one attached hydrogen (secondary N) is 5. The molecule has 61 heavy (non-hydrogen) atoms. The highest BCUT2D eigenvalue weighted by molar-refractivity contribution is 7.90. The molecule has 0 aliphatic carbocycles. The molecule has 6 amide bonds. The van der Waals surface area contributed by atoms with Crippen LogP contribution >= 0.6 is 23.2 Å². The van der Waals surface area contributed by atoms with Gasteiger partial charge in [-0.2, -0.15) is 0 Å². The molecule has 3 aliphatic heterocycles. The molecule has 7 rings (SSSR count). The number of rotatable bonds is 16. The second-order valence-corrected chi connectivity index (χ2v) is 17.3. The minimum absolute atomic E-state index is 0.00960. The molecule has 3 aliphatic rings. The van der Waals surface area contributed by atoms with E-state index in [9.17, 15) is 37.2 Å². The Balaban J connectivity index is 0.852. The molecule has 5 N–H and O–H groups in total. The quantitative estimate of drug-likeness (QED) is 0.0591. The highest BCUT2D eigenvalue weighted by Crippen LogP contribution is 2.37. The number of ether oxygens (including phenoxy) is 2. The van der Waals surface area contributed by atoms with Crippen molar-refractivity contribution in [3.8, 4) is 0 Å². The summed E-state index contributed by atoms with van der Waals surface area (Å²) >= 11 is 12.5. The Morgan fingerprint density at radius 2 is 1.57 bits per heavy atom. The molecule has 16 nitrogen and oxygen atoms in total. The van der Waals surface area contributed by atoms with E-state index in [0.717, 1.165) is 4.90 Å². The van der Waals surface area contributed by atoms with Gasteiger partial charge < -0.3 is 30.4 Å². The van der Waals surface area contributed by atoms with Crippen LogP contribution in [0.3, 0.4) is 0 Å². The predicted molar refractivity (Wildman–Crippen MR) is 226 cm³/mol. The SMILES string of the molecule is Cc1[nH]c(/C=C2\C(=O)Nc3ccc(S(=O)(=O)Cc4c(Cl)cccc4Cl)cc32)c(C)c1C(=O)NCCOCCOCCNc1ccc2c(c1)C(=O)N(C1CCC(=O)NC1=O)C2=O. The van der Waals surface area contributed by atoms with Crippen molar-refractivity contribution < 1.29 is 46.7 Å². The van der Waals surface area contributed by atoms with Gasteiger partial charge in [0, 0.05) is 63.4 Å². The second kappa shape index (κ2) is 18.0. The van der Waals surface area contributed by atoms with Crippen LogP contribution in [0.2, 0.25) is 10.0 Å². The molecule has 4 aromatic rings. The van der Waals surface area contributed by atoms with E-state index in [4.69, 9.17) is 32.7 Å². The first kappa shape index (κ1) is 43.2. The normalized spacial score (nSPS) is 16.8. The van der Waals surface area contributed by atoms with Crippen LogP contribution in [0.4, 0.5) is 11.4 Å². The Morgan fingerprint density at radius 1 is 0.869 bits per heavy atom. The highest BCUT2D eigenvalue weighted by Gasteiger charge is 2.44. The Labute approximate surface area is 360 Å². The van der Waals surface area contributed by atoms with Crippen LogP contribution in [0.25, 0.3) is 11.6 Å². The minimum Gasteiger partial charge on any atom is -0.383 e. The number of aryl methyl sites for hydroxylation is 1. The molecule has 3 aromatic carbocycles. The first-order valence-electron chi connectivity index (χ1n) is 19.2. The highest BCUT2D eigenvalue weighted by atomic mass is 35.5. The molecule has 0 saturated carbocycles. The summed E-state index contributed by atoms with van der Waals surface area (Å²) in [6.07, 6.45) is 1.71. The molecule has 1 atom stereocenters. The summed E-state index contributed by atoms with van der Waals surface area (Å²) in [5.74, 6) is -3.46. The number of anilines is 2. The smallest absolute Gasteiger partial charge is 0.262 e. The number of nitrogens with zero attached hydrogens (tertiary/aromatic N) is 1. The standard InChI is InChI=1S/C42H40Cl2N6O10S/c1-22-34(20-28-27-19-25(7-9-33(27)48-38(28)52)61(57,58)21-30-31(43)4-3-5-32(30)44)47-23(2)37(22)40(54)46-13-15-60-17-16-59-14-12-45-24-6-8-26-29(18-24)42(56)50(41(26)55)35-10-11-36(51)49-39(35)53/h3-9,18-20,35,45,47H,10-17,21H2,1-2H3,(H,46,54)(H,48,52)(H,49,51,53)/b28-20-. The molecule has 4 heterocycles. The molecule has 1 saturated heterocycles. The van der Waals surface area contributed by atoms with Crippen LogP contribution in [-0.2, 0) is 39.4 Å². The van der Waals surface area contributed by atoms with Crippen LogP contribution < -0.4 is 21.3 Å². The number of piperidine rings is 1. The summed E-state index contributed by atoms with van der Waals surface area (Å²) in [7, 11) is -3.90. The molecule has 1 fully saturated rings. The number of aromatic nitrogens is 1. The third-order valence-corrected chi connectivity index (χ3v) is 12.8. The Hall–Kier alpha value is -5.85. The van der Waals surface area contributed by atoms with Crippen LogP contribution in [0.15, 0.2) is 59.5 Å². The van der Waals surface area contributed by atoms with Gasteiger partial charge in [-0.3, -0.25) is 39.0 Å². The maximum Gasteiger partial charge on any atom is 0.262 e. The maximum atomic E-state index is 13.4. The van der Waals surface area contributed by atoms with Gasteiger partial charge in [0.25, 0.3) is 23.6 Å². The summed E-state index contributed by atoms with van der Waals surface area (Å²) in [5, 5.41) is 11.4. The van der Waals surface area contributed by atoms with Crippen LogP contribution in [0, 0.1) is 13.8 Å². The Kier molecular flexibility index (Phi) is 12.8. The first-order valence-corrected chi connectivity index (χ1v) is 21.6. The number of fused-ring (bicyclic) bond motifs is 2. The van der Waals surface area contributed by atoms with E-state index in [0.29, 0.717) is 52.6 Å². The van der Waals surface area contributed by atoms with Crippen LogP contribution in [0.5, 0.6) is 0 Å². The zero-order valence-electron chi connectivity index (χ0n) is 32.9. The summed E-state index contributed by atoms with van der Waals surface area (Å²) < 4.78 is 38.1. The number of hydrogen-bond acceptors (Lipinski definition) is 11. The lowest BCUT2D eigenvalue weighted by atomic mass is 10.0. The monoisotopic (exact) mass is 890 g/mol. The lowest BCUT2D eigenvalue weighted by Gasteiger charge is -2.27. The predicted octanol–water partition coefficient (Wildman–Crippen LogP) is 4.68. The van der Waals surface area contributed by atoms with Crippen molar-refractivity contribution in [3.63, 3.8) is 0 Å². The lowest BCUT2D eigenvalue weighted by Crippen LogP contribution is -2.54. The Morgan fingerprint density at radius 3 is 2.30 bits per heavy atom. The fourth-order valence-corrected chi connectivity index (χ4v) is 9.47. The number of amides is 6. The van der Waals surface area contributed by atoms with Crippen molar-refractivity contribution in [3.05, 3.63) is 109 Å². The average molecular weight is 892 g/mol. The number of H-pyrrole nitrogens is 1. The van der Waals surface area contributed by atoms with E-state index in [1.54, 1.807) is 50.3 Å². The number of imide groups is 2. The van der Waals surface area contributed by atoms with Gasteiger partial charge >= 0.3 is 0 Å². The average Bonchev–Trinajstić information content (AvgIpc) is 3.78. The van der Waals surface area contributed by atoms with Crippen molar-refractivity contribution >= 4 is 91.5 Å². The zero-order valence-corrected chi connectivity index (χ0v) is 35.2. The van der Waals surface area contributed by atoms with Gasteiger partial charge in [-0.15, -0.1) is 0 Å². The Bertz CT molecular complexity index is 2620. The van der Waals surface area contributed by atoms with Crippen molar-refractivity contribution in [2.45, 2.75) is 43.4 Å². The lowest BCUT2D eigenvalue weighted by molar-refractivity contribution is -0.136. The number of hydrogen-bond donors (Lipinski definition) is 5. The number of sulfone groups is 1. The molecule has 0 radical (unpaired) electrons. The summed E-state index contributed by atoms with van der Waals surface area (Å²) in [5.41, 5.74) is 4.38. The molecule has 1 aromatic heterocycles. The topological polar surface area (TPSA) is 222 Å². The van der Waals surface area contributed by atoms with Gasteiger partial charge in [0.1, 0.15) is 6.04 Å². The third-order valence-electron chi connectivity index (χ3n) is 10.4. The number of aromatic amines is 1. The van der Waals surface area contributed by atoms with Crippen molar-refractivity contribution in [2.24, 2.45) is 0 Å².